The Morgan fingerprint density at radius 1 is 1.22 bits per heavy atom. The van der Waals surface area contributed by atoms with Crippen LogP contribution in [0.15, 0.2) is 34.0 Å². The van der Waals surface area contributed by atoms with Crippen molar-refractivity contribution in [1.29, 1.82) is 5.26 Å². The molecule has 192 valence electrons. The van der Waals surface area contributed by atoms with Gasteiger partial charge in [-0.3, -0.25) is 23.9 Å². The number of para-hydroxylation sites is 1. The van der Waals surface area contributed by atoms with E-state index in [4.69, 9.17) is 17.3 Å². The minimum Gasteiger partial charge on any atom is -0.480 e. The van der Waals surface area contributed by atoms with Crippen LogP contribution in [0.4, 0.5) is 15.9 Å². The van der Waals surface area contributed by atoms with E-state index in [-0.39, 0.29) is 27.2 Å². The molecule has 2 saturated heterocycles. The molecule has 0 unspecified atom stereocenters. The Kier molecular flexibility index (Phi) is 7.65. The minimum atomic E-state index is -1.19. The first-order chi connectivity index (χ1) is 17.7. The maximum Gasteiger partial charge on any atom is 0.323 e. The van der Waals surface area contributed by atoms with Crippen LogP contribution in [0, 0.1) is 24.1 Å². The maximum atomic E-state index is 14.3. The van der Waals surface area contributed by atoms with Crippen LogP contribution in [0.5, 0.6) is 0 Å². The van der Waals surface area contributed by atoms with Gasteiger partial charge in [-0.1, -0.05) is 36.1 Å². The lowest BCUT2D eigenvalue weighted by Crippen LogP contribution is -2.49. The fraction of sp³-hybridized carbons (Fsp3) is 0.320. The smallest absolute Gasteiger partial charge is 0.323 e. The topological polar surface area (TPSA) is 110 Å². The van der Waals surface area contributed by atoms with E-state index < -0.39 is 24.0 Å². The van der Waals surface area contributed by atoms with Crippen LogP contribution < -0.4 is 15.4 Å². The van der Waals surface area contributed by atoms with Gasteiger partial charge in [0.25, 0.3) is 11.5 Å². The Bertz CT molecular complexity index is 1420. The summed E-state index contributed by atoms with van der Waals surface area (Å²) in [4.78, 5) is 42.5. The zero-order valence-corrected chi connectivity index (χ0v) is 21.9. The van der Waals surface area contributed by atoms with Crippen LogP contribution in [0.3, 0.4) is 0 Å². The lowest BCUT2D eigenvalue weighted by molar-refractivity contribution is -0.140. The summed E-state index contributed by atoms with van der Waals surface area (Å²) in [6, 6.07) is 8.55. The molecule has 12 heteroatoms. The third-order valence-electron chi connectivity index (χ3n) is 6.38. The van der Waals surface area contributed by atoms with Gasteiger partial charge in [-0.25, -0.2) is 4.39 Å². The van der Waals surface area contributed by atoms with Crippen molar-refractivity contribution in [3.63, 3.8) is 0 Å². The molecule has 2 fully saturated rings. The van der Waals surface area contributed by atoms with Gasteiger partial charge in [-0.15, -0.1) is 0 Å². The molecular weight excluding hydrogens is 517 g/mol. The van der Waals surface area contributed by atoms with Crippen molar-refractivity contribution in [2.24, 2.45) is 0 Å². The molecule has 2 aromatic rings. The number of aliphatic carboxylic acids is 1. The number of pyridine rings is 1. The number of hydrogen-bond donors (Lipinski definition) is 1. The maximum absolute atomic E-state index is 14.3. The van der Waals surface area contributed by atoms with Gasteiger partial charge in [0.1, 0.15) is 34.1 Å². The quantitative estimate of drug-likeness (QED) is 0.436. The summed E-state index contributed by atoms with van der Waals surface area (Å²) in [5, 5.41) is 18.9. The van der Waals surface area contributed by atoms with Crippen LogP contribution in [-0.4, -0.2) is 63.5 Å². The van der Waals surface area contributed by atoms with E-state index in [2.05, 4.69) is 0 Å². The van der Waals surface area contributed by atoms with Gasteiger partial charge in [0, 0.05) is 38.3 Å². The number of carboxylic acids is 1. The summed E-state index contributed by atoms with van der Waals surface area (Å²) in [5.74, 6) is -1.48. The zero-order valence-electron chi connectivity index (χ0n) is 20.2. The Hall–Kier alpha value is -3.69. The number of benzene rings is 1. The summed E-state index contributed by atoms with van der Waals surface area (Å²) in [5.41, 5.74) is 1.00. The van der Waals surface area contributed by atoms with Gasteiger partial charge < -0.3 is 14.9 Å². The van der Waals surface area contributed by atoms with Crippen molar-refractivity contribution in [2.75, 3.05) is 42.5 Å². The summed E-state index contributed by atoms with van der Waals surface area (Å²) in [6.07, 6.45) is 1.58. The molecule has 0 aliphatic carbocycles. The third kappa shape index (κ3) is 4.97. The summed E-state index contributed by atoms with van der Waals surface area (Å²) < 4.78 is 16.0. The number of rotatable bonds is 6. The number of aromatic nitrogens is 1. The van der Waals surface area contributed by atoms with Crippen LogP contribution in [0.25, 0.3) is 6.08 Å². The molecule has 1 aromatic carbocycles. The Morgan fingerprint density at radius 3 is 2.46 bits per heavy atom. The molecule has 3 heterocycles. The summed E-state index contributed by atoms with van der Waals surface area (Å²) in [6.45, 7) is 5.13. The van der Waals surface area contributed by atoms with Crippen molar-refractivity contribution >= 4 is 57.8 Å². The number of hydrogen-bond acceptors (Lipinski definition) is 8. The highest BCUT2D eigenvalue weighted by atomic mass is 32.2. The molecule has 0 bridgehead atoms. The first-order valence-corrected chi connectivity index (χ1v) is 12.8. The Balaban J connectivity index is 1.77. The fourth-order valence-electron chi connectivity index (χ4n) is 4.55. The van der Waals surface area contributed by atoms with E-state index in [0.29, 0.717) is 48.8 Å². The zero-order chi connectivity index (χ0) is 26.9. The SMILES string of the molecule is CCn1c(N2CCN(c3ccccc3F)CC2)c(C=C2SC(=S)N(CC(=O)O)C2=O)c(C)c(C#N)c1=O. The second kappa shape index (κ2) is 10.7. The van der Waals surface area contributed by atoms with E-state index in [0.717, 1.165) is 16.7 Å². The van der Waals surface area contributed by atoms with E-state index in [1.807, 2.05) is 15.9 Å². The van der Waals surface area contributed by atoms with Crippen molar-refractivity contribution in [3.05, 3.63) is 62.0 Å². The molecular formula is C25H24FN5O4S2. The fourth-order valence-corrected chi connectivity index (χ4v) is 5.79. The van der Waals surface area contributed by atoms with Crippen molar-refractivity contribution < 1.29 is 19.1 Å². The van der Waals surface area contributed by atoms with Crippen molar-refractivity contribution in [1.82, 2.24) is 9.47 Å². The van der Waals surface area contributed by atoms with Crippen LogP contribution >= 0.6 is 24.0 Å². The lowest BCUT2D eigenvalue weighted by atomic mass is 10.0. The van der Waals surface area contributed by atoms with Gasteiger partial charge in [0.05, 0.1) is 10.6 Å². The molecule has 9 nitrogen and oxygen atoms in total. The number of halogens is 1. The molecule has 0 saturated carbocycles. The van der Waals surface area contributed by atoms with Gasteiger partial charge in [-0.2, -0.15) is 5.26 Å². The van der Waals surface area contributed by atoms with Crippen molar-refractivity contribution in [2.45, 2.75) is 20.4 Å². The number of thiocarbonyl (C=S) groups is 1. The average Bonchev–Trinajstić information content (AvgIpc) is 3.13. The second-order valence-corrected chi connectivity index (χ2v) is 10.2. The van der Waals surface area contributed by atoms with Crippen molar-refractivity contribution in [3.8, 4) is 6.07 Å². The normalized spacial score (nSPS) is 17.0. The molecule has 0 atom stereocenters. The van der Waals surface area contributed by atoms with E-state index in [1.54, 1.807) is 38.1 Å². The molecule has 1 aromatic heterocycles. The highest BCUT2D eigenvalue weighted by molar-refractivity contribution is 8.26. The number of piperazine rings is 1. The average molecular weight is 542 g/mol. The Labute approximate surface area is 222 Å². The first-order valence-electron chi connectivity index (χ1n) is 11.6. The number of nitrogens with zero attached hydrogens (tertiary/aromatic N) is 5. The highest BCUT2D eigenvalue weighted by Gasteiger charge is 2.34. The lowest BCUT2D eigenvalue weighted by Gasteiger charge is -2.39. The number of anilines is 2. The highest BCUT2D eigenvalue weighted by Crippen LogP contribution is 2.36. The van der Waals surface area contributed by atoms with E-state index in [9.17, 15) is 24.0 Å². The molecule has 0 radical (unpaired) electrons. The molecule has 2 aliphatic rings. The first kappa shape index (κ1) is 26.4. The van der Waals surface area contributed by atoms with E-state index >= 15 is 0 Å². The van der Waals surface area contributed by atoms with Gasteiger partial charge >= 0.3 is 5.97 Å². The number of carbonyl (C=O) groups excluding carboxylic acids is 1. The minimum absolute atomic E-state index is 0.0251. The third-order valence-corrected chi connectivity index (χ3v) is 7.76. The van der Waals surface area contributed by atoms with Gasteiger partial charge in [0.15, 0.2) is 0 Å². The second-order valence-electron chi connectivity index (χ2n) is 8.49. The van der Waals surface area contributed by atoms with Crippen LogP contribution in [-0.2, 0) is 16.1 Å². The van der Waals surface area contributed by atoms with E-state index in [1.165, 1.54) is 10.6 Å². The Morgan fingerprint density at radius 2 is 1.86 bits per heavy atom. The molecule has 0 spiro atoms. The largest absolute Gasteiger partial charge is 0.480 e. The summed E-state index contributed by atoms with van der Waals surface area (Å²) in [7, 11) is 0. The van der Waals surface area contributed by atoms with Gasteiger partial charge in [-0.05, 0) is 37.6 Å². The molecule has 1 N–H and O–H groups in total. The monoisotopic (exact) mass is 541 g/mol. The summed E-state index contributed by atoms with van der Waals surface area (Å²) >= 11 is 6.20. The molecule has 2 aliphatic heterocycles. The standard InChI is InChI=1S/C25H24FN5O4S2/c1-3-30-22(29-10-8-28(9-11-29)19-7-5-4-6-18(19)26)16(15(2)17(13-27)23(30)34)12-20-24(35)31(14-21(32)33)25(36)37-20/h4-7,12H,3,8-11,14H2,1-2H3,(H,32,33). The van der Waals surface area contributed by atoms with Crippen LogP contribution in [0.1, 0.15) is 23.6 Å². The molecule has 4 rings (SSSR count). The number of carboxylic acid groups (broad SMARTS) is 1. The predicted octanol–water partition coefficient (Wildman–Crippen LogP) is 2.80. The molecule has 1 amide bonds. The molecule has 37 heavy (non-hydrogen) atoms. The number of amides is 1. The number of carbonyl (C=O) groups is 2. The predicted molar refractivity (Wildman–Crippen MR) is 144 cm³/mol. The number of nitriles is 1. The number of thioether (sulfide) groups is 1. The van der Waals surface area contributed by atoms with Crippen LogP contribution in [0.2, 0.25) is 0 Å². The van der Waals surface area contributed by atoms with Gasteiger partial charge in [0.2, 0.25) is 0 Å².